The molecule has 3 heteroatoms. The van der Waals surface area contributed by atoms with E-state index in [9.17, 15) is 9.90 Å². The fraction of sp³-hybridized carbons (Fsp3) is 0.562. The molecule has 0 amide bonds. The lowest BCUT2D eigenvalue weighted by Crippen LogP contribution is -2.46. The van der Waals surface area contributed by atoms with E-state index in [0.29, 0.717) is 6.42 Å². The smallest absolute Gasteiger partial charge is 0.321 e. The third kappa shape index (κ3) is 3.57. The molecule has 1 aliphatic heterocycles. The second-order valence-corrected chi connectivity index (χ2v) is 6.61. The Kier molecular flexibility index (Phi) is 3.95. The highest BCUT2D eigenvalue weighted by Crippen LogP contribution is 2.26. The maximum Gasteiger partial charge on any atom is 0.321 e. The van der Waals surface area contributed by atoms with Crippen molar-refractivity contribution in [2.75, 3.05) is 6.54 Å². The minimum absolute atomic E-state index is 0.236. The summed E-state index contributed by atoms with van der Waals surface area (Å²) in [5.41, 5.74) is 2.69. The summed E-state index contributed by atoms with van der Waals surface area (Å²) in [6.07, 6.45) is 1.63. The number of benzene rings is 1. The second kappa shape index (κ2) is 5.33. The van der Waals surface area contributed by atoms with E-state index in [1.807, 2.05) is 18.2 Å². The minimum atomic E-state index is -0.705. The molecular weight excluding hydrogens is 238 g/mol. The van der Waals surface area contributed by atoms with Gasteiger partial charge in [-0.1, -0.05) is 45.0 Å². The Morgan fingerprint density at radius 1 is 1.32 bits per heavy atom. The van der Waals surface area contributed by atoms with Gasteiger partial charge in [0.2, 0.25) is 0 Å². The van der Waals surface area contributed by atoms with Crippen molar-refractivity contribution in [1.82, 2.24) is 4.90 Å². The van der Waals surface area contributed by atoms with Crippen LogP contribution in [0.2, 0.25) is 0 Å². The first-order valence-electron chi connectivity index (χ1n) is 6.90. The molecule has 1 N–H and O–H groups in total. The maximum absolute atomic E-state index is 11.5. The van der Waals surface area contributed by atoms with Crippen LogP contribution in [0.1, 0.15) is 38.3 Å². The molecule has 1 aromatic carbocycles. The fourth-order valence-corrected chi connectivity index (χ4v) is 2.53. The molecule has 0 aromatic heterocycles. The van der Waals surface area contributed by atoms with Gasteiger partial charge < -0.3 is 5.11 Å². The van der Waals surface area contributed by atoms with Crippen molar-refractivity contribution in [3.05, 3.63) is 35.4 Å². The lowest BCUT2D eigenvalue weighted by Gasteiger charge is -2.36. The molecule has 0 bridgehead atoms. The number of hydrogen-bond acceptors (Lipinski definition) is 2. The molecule has 0 fully saturated rings. The summed E-state index contributed by atoms with van der Waals surface area (Å²) in [6.45, 7) is 8.18. The van der Waals surface area contributed by atoms with Crippen molar-refractivity contribution in [3.8, 4) is 0 Å². The van der Waals surface area contributed by atoms with Gasteiger partial charge in [0, 0.05) is 6.54 Å². The number of carboxylic acids is 1. The van der Waals surface area contributed by atoms with Crippen LogP contribution in [0.5, 0.6) is 0 Å². The maximum atomic E-state index is 11.5. The molecule has 1 aromatic rings. The van der Waals surface area contributed by atoms with Gasteiger partial charge in [0.1, 0.15) is 6.04 Å². The molecule has 0 saturated heterocycles. The zero-order valence-corrected chi connectivity index (χ0v) is 12.0. The van der Waals surface area contributed by atoms with Crippen LogP contribution in [0.25, 0.3) is 0 Å². The zero-order valence-electron chi connectivity index (χ0n) is 12.0. The van der Waals surface area contributed by atoms with E-state index in [1.54, 1.807) is 0 Å². The highest BCUT2D eigenvalue weighted by Gasteiger charge is 2.31. The summed E-state index contributed by atoms with van der Waals surface area (Å²) >= 11 is 0. The van der Waals surface area contributed by atoms with Crippen LogP contribution < -0.4 is 0 Å². The van der Waals surface area contributed by atoms with Crippen LogP contribution in [0.4, 0.5) is 0 Å². The van der Waals surface area contributed by atoms with E-state index in [4.69, 9.17) is 0 Å². The molecule has 19 heavy (non-hydrogen) atoms. The molecule has 2 rings (SSSR count). The van der Waals surface area contributed by atoms with Gasteiger partial charge in [-0.2, -0.15) is 0 Å². The van der Waals surface area contributed by atoms with E-state index in [-0.39, 0.29) is 11.5 Å². The summed E-state index contributed by atoms with van der Waals surface area (Å²) in [4.78, 5) is 13.6. The molecule has 104 valence electrons. The van der Waals surface area contributed by atoms with Gasteiger partial charge in [-0.15, -0.1) is 0 Å². The molecule has 1 aliphatic rings. The number of fused-ring (bicyclic) bond motifs is 1. The molecule has 0 radical (unpaired) electrons. The van der Waals surface area contributed by atoms with Crippen molar-refractivity contribution in [1.29, 1.82) is 0 Å². The van der Waals surface area contributed by atoms with Crippen molar-refractivity contribution < 1.29 is 9.90 Å². The highest BCUT2D eigenvalue weighted by atomic mass is 16.4. The first kappa shape index (κ1) is 14.1. The van der Waals surface area contributed by atoms with Gasteiger partial charge in [-0.3, -0.25) is 9.69 Å². The average molecular weight is 261 g/mol. The SMILES string of the molecule is CC(C)(C)CCN1Cc2ccccc2CC1C(=O)O. The molecule has 1 unspecified atom stereocenters. The molecule has 0 aliphatic carbocycles. The van der Waals surface area contributed by atoms with Crippen LogP contribution >= 0.6 is 0 Å². The normalized spacial score (nSPS) is 20.1. The van der Waals surface area contributed by atoms with Crippen LogP contribution in [-0.4, -0.2) is 28.6 Å². The van der Waals surface area contributed by atoms with Crippen molar-refractivity contribution in [2.24, 2.45) is 5.41 Å². The fourth-order valence-electron chi connectivity index (χ4n) is 2.53. The van der Waals surface area contributed by atoms with Gasteiger partial charge in [0.15, 0.2) is 0 Å². The Morgan fingerprint density at radius 3 is 2.53 bits per heavy atom. The third-order valence-corrected chi connectivity index (χ3v) is 3.78. The zero-order chi connectivity index (χ0) is 14.0. The second-order valence-electron chi connectivity index (χ2n) is 6.61. The summed E-state index contributed by atoms with van der Waals surface area (Å²) in [5.74, 6) is -0.705. The number of carbonyl (C=O) groups is 1. The van der Waals surface area contributed by atoms with Crippen molar-refractivity contribution in [3.63, 3.8) is 0 Å². The minimum Gasteiger partial charge on any atom is -0.480 e. The Morgan fingerprint density at radius 2 is 1.95 bits per heavy atom. The topological polar surface area (TPSA) is 40.5 Å². The van der Waals surface area contributed by atoms with Gasteiger partial charge in [0.25, 0.3) is 0 Å². The predicted molar refractivity (Wildman–Crippen MR) is 76.1 cm³/mol. The Labute approximate surface area is 115 Å². The largest absolute Gasteiger partial charge is 0.480 e. The molecular formula is C16H23NO2. The molecule has 0 spiro atoms. The molecule has 1 atom stereocenters. The van der Waals surface area contributed by atoms with E-state index in [0.717, 1.165) is 19.5 Å². The summed E-state index contributed by atoms with van der Waals surface area (Å²) < 4.78 is 0. The van der Waals surface area contributed by atoms with Crippen LogP contribution in [0.15, 0.2) is 24.3 Å². The Balaban J connectivity index is 2.15. The first-order valence-corrected chi connectivity index (χ1v) is 6.90. The standard InChI is InChI=1S/C16H23NO2/c1-16(2,3)8-9-17-11-13-7-5-4-6-12(13)10-14(17)15(18)19/h4-7,14H,8-11H2,1-3H3,(H,18,19). The number of carboxylic acid groups (broad SMARTS) is 1. The molecule has 3 nitrogen and oxygen atoms in total. The number of aliphatic carboxylic acids is 1. The van der Waals surface area contributed by atoms with Gasteiger partial charge >= 0.3 is 5.97 Å². The van der Waals surface area contributed by atoms with E-state index in [1.165, 1.54) is 11.1 Å². The monoisotopic (exact) mass is 261 g/mol. The van der Waals surface area contributed by atoms with Gasteiger partial charge in [-0.25, -0.2) is 0 Å². The van der Waals surface area contributed by atoms with Crippen LogP contribution in [-0.2, 0) is 17.8 Å². The van der Waals surface area contributed by atoms with Crippen molar-refractivity contribution in [2.45, 2.75) is 46.2 Å². The van der Waals surface area contributed by atoms with E-state index >= 15 is 0 Å². The summed E-state index contributed by atoms with van der Waals surface area (Å²) in [7, 11) is 0. The third-order valence-electron chi connectivity index (χ3n) is 3.78. The lowest BCUT2D eigenvalue weighted by molar-refractivity contribution is -0.144. The van der Waals surface area contributed by atoms with Crippen molar-refractivity contribution >= 4 is 5.97 Å². The van der Waals surface area contributed by atoms with Gasteiger partial charge in [0.05, 0.1) is 0 Å². The quantitative estimate of drug-likeness (QED) is 0.909. The predicted octanol–water partition coefficient (Wildman–Crippen LogP) is 2.93. The van der Waals surface area contributed by atoms with Crippen LogP contribution in [0.3, 0.4) is 0 Å². The lowest BCUT2D eigenvalue weighted by atomic mass is 9.89. The highest BCUT2D eigenvalue weighted by molar-refractivity contribution is 5.74. The Hall–Kier alpha value is -1.35. The molecule has 1 heterocycles. The number of hydrogen-bond donors (Lipinski definition) is 1. The first-order chi connectivity index (χ1) is 8.87. The van der Waals surface area contributed by atoms with E-state index < -0.39 is 5.97 Å². The van der Waals surface area contributed by atoms with E-state index in [2.05, 4.69) is 31.7 Å². The van der Waals surface area contributed by atoms with Gasteiger partial charge in [-0.05, 0) is 35.9 Å². The average Bonchev–Trinajstić information content (AvgIpc) is 2.34. The Bertz CT molecular complexity index is 462. The summed E-state index contributed by atoms with van der Waals surface area (Å²) in [6, 6.07) is 7.80. The number of nitrogens with zero attached hydrogens (tertiary/aromatic N) is 1. The van der Waals surface area contributed by atoms with Crippen LogP contribution in [0, 0.1) is 5.41 Å². The summed E-state index contributed by atoms with van der Waals surface area (Å²) in [5, 5.41) is 9.42. The molecule has 0 saturated carbocycles. The number of rotatable bonds is 3.